The molecule has 0 saturated carbocycles. The Bertz CT molecular complexity index is 1270. The molecule has 160 valence electrons. The van der Waals surface area contributed by atoms with Crippen LogP contribution in [-0.2, 0) is 4.79 Å². The van der Waals surface area contributed by atoms with Crippen molar-refractivity contribution >= 4 is 44.7 Å². The predicted molar refractivity (Wildman–Crippen MR) is 120 cm³/mol. The summed E-state index contributed by atoms with van der Waals surface area (Å²) in [5.74, 6) is -0.108. The van der Waals surface area contributed by atoms with Gasteiger partial charge in [0, 0.05) is 35.0 Å². The second-order valence-electron chi connectivity index (χ2n) is 6.88. The molecule has 1 atom stereocenters. The Kier molecular flexibility index (Phi) is 6.59. The molecule has 0 spiro atoms. The monoisotopic (exact) mass is 486 g/mol. The molecule has 10 heteroatoms. The van der Waals surface area contributed by atoms with Gasteiger partial charge in [-0.1, -0.05) is 29.8 Å². The number of esters is 1. The molecule has 2 aromatic carbocycles. The molecule has 0 aliphatic rings. The van der Waals surface area contributed by atoms with Crippen LogP contribution in [0.15, 0.2) is 50.8 Å². The highest BCUT2D eigenvalue weighted by Crippen LogP contribution is 2.24. The van der Waals surface area contributed by atoms with Gasteiger partial charge in [-0.05, 0) is 30.7 Å². The second-order valence-corrected chi connectivity index (χ2v) is 7.79. The first-order valence-corrected chi connectivity index (χ1v) is 10.2. The van der Waals surface area contributed by atoms with E-state index in [-0.39, 0.29) is 28.5 Å². The van der Waals surface area contributed by atoms with Crippen LogP contribution in [0.5, 0.6) is 5.75 Å². The van der Waals surface area contributed by atoms with Gasteiger partial charge in [-0.25, -0.2) is 4.98 Å². The smallest absolute Gasteiger partial charge is 0.308 e. The lowest BCUT2D eigenvalue weighted by Crippen LogP contribution is -2.23. The van der Waals surface area contributed by atoms with E-state index in [1.807, 2.05) is 13.8 Å². The maximum atomic E-state index is 13.2. The van der Waals surface area contributed by atoms with Crippen molar-refractivity contribution in [2.45, 2.75) is 33.1 Å². The van der Waals surface area contributed by atoms with Crippen molar-refractivity contribution in [1.29, 1.82) is 0 Å². The Morgan fingerprint density at radius 1 is 1.35 bits per heavy atom. The lowest BCUT2D eigenvalue weighted by Gasteiger charge is -2.14. The number of carbonyl (C=O) groups excluding carboxylic acids is 1. The van der Waals surface area contributed by atoms with Crippen LogP contribution in [0.4, 0.5) is 5.69 Å². The molecule has 0 bridgehead atoms. The molecule has 3 aromatic rings. The molecule has 0 saturated heterocycles. The van der Waals surface area contributed by atoms with Crippen molar-refractivity contribution in [2.75, 3.05) is 0 Å². The summed E-state index contributed by atoms with van der Waals surface area (Å²) in [6.07, 6.45) is 1.98. The molecule has 0 fully saturated rings. The van der Waals surface area contributed by atoms with Crippen molar-refractivity contribution in [3.63, 3.8) is 0 Å². The molecule has 3 rings (SSSR count). The number of ether oxygens (including phenoxy) is 1. The van der Waals surface area contributed by atoms with E-state index in [2.05, 4.69) is 26.0 Å². The maximum absolute atomic E-state index is 13.2. The number of nitrogens with zero attached hydrogens (tertiary/aromatic N) is 4. The number of aromatic nitrogens is 2. The van der Waals surface area contributed by atoms with Gasteiger partial charge in [0.15, 0.2) is 0 Å². The summed E-state index contributed by atoms with van der Waals surface area (Å²) in [6.45, 7) is 5.12. The molecule has 0 unspecified atom stereocenters. The molecule has 0 radical (unpaired) electrons. The molecule has 0 aliphatic heterocycles. The summed E-state index contributed by atoms with van der Waals surface area (Å²) < 4.78 is 7.03. The van der Waals surface area contributed by atoms with Crippen LogP contribution in [0.2, 0.25) is 0 Å². The van der Waals surface area contributed by atoms with Gasteiger partial charge < -0.3 is 4.74 Å². The molecule has 0 amide bonds. The van der Waals surface area contributed by atoms with E-state index in [1.54, 1.807) is 18.2 Å². The minimum atomic E-state index is -0.585. The van der Waals surface area contributed by atoms with Gasteiger partial charge in [-0.3, -0.25) is 19.7 Å². The number of benzene rings is 2. The highest BCUT2D eigenvalue weighted by atomic mass is 79.9. The van der Waals surface area contributed by atoms with Crippen LogP contribution < -0.4 is 10.3 Å². The highest BCUT2D eigenvalue weighted by Gasteiger charge is 2.17. The van der Waals surface area contributed by atoms with Crippen molar-refractivity contribution in [3.05, 3.63) is 72.7 Å². The van der Waals surface area contributed by atoms with Crippen LogP contribution >= 0.6 is 15.9 Å². The topological polar surface area (TPSA) is 117 Å². The summed E-state index contributed by atoms with van der Waals surface area (Å²) in [7, 11) is 0. The largest absolute Gasteiger partial charge is 0.426 e. The lowest BCUT2D eigenvalue weighted by atomic mass is 10.1. The van der Waals surface area contributed by atoms with Gasteiger partial charge in [0.25, 0.3) is 11.2 Å². The van der Waals surface area contributed by atoms with Crippen molar-refractivity contribution < 1.29 is 14.5 Å². The molecule has 0 N–H and O–H groups in total. The molecule has 9 nitrogen and oxygen atoms in total. The first-order chi connectivity index (χ1) is 14.7. The van der Waals surface area contributed by atoms with Gasteiger partial charge in [-0.2, -0.15) is 9.78 Å². The number of carbonyl (C=O) groups is 1. The van der Waals surface area contributed by atoms with E-state index < -0.39 is 10.9 Å². The fraction of sp³-hybridized carbons (Fsp3) is 0.238. The fourth-order valence-corrected chi connectivity index (χ4v) is 3.26. The van der Waals surface area contributed by atoms with E-state index in [0.717, 1.165) is 10.9 Å². The zero-order valence-corrected chi connectivity index (χ0v) is 18.6. The first kappa shape index (κ1) is 22.3. The summed E-state index contributed by atoms with van der Waals surface area (Å²) in [5, 5.41) is 15.8. The van der Waals surface area contributed by atoms with Crippen LogP contribution in [0.25, 0.3) is 10.9 Å². The van der Waals surface area contributed by atoms with E-state index in [9.17, 15) is 19.7 Å². The van der Waals surface area contributed by atoms with Gasteiger partial charge in [0.1, 0.15) is 11.6 Å². The van der Waals surface area contributed by atoms with E-state index in [4.69, 9.17) is 4.74 Å². The quantitative estimate of drug-likeness (QED) is 0.167. The van der Waals surface area contributed by atoms with E-state index in [0.29, 0.717) is 16.7 Å². The molecule has 1 aromatic heterocycles. The van der Waals surface area contributed by atoms with E-state index in [1.165, 1.54) is 36.0 Å². The minimum absolute atomic E-state index is 0.0732. The number of nitro groups is 1. The number of halogens is 1. The molecular weight excluding hydrogens is 468 g/mol. The van der Waals surface area contributed by atoms with Crippen molar-refractivity contribution in [2.24, 2.45) is 5.10 Å². The molecular formula is C21H19BrN4O5. The zero-order chi connectivity index (χ0) is 22.7. The van der Waals surface area contributed by atoms with Gasteiger partial charge >= 0.3 is 5.97 Å². The summed E-state index contributed by atoms with van der Waals surface area (Å²) in [6, 6.07) is 8.98. The van der Waals surface area contributed by atoms with Crippen LogP contribution in [0, 0.1) is 10.1 Å². The van der Waals surface area contributed by atoms with Crippen molar-refractivity contribution in [1.82, 2.24) is 9.66 Å². The first-order valence-electron chi connectivity index (χ1n) is 9.44. The highest BCUT2D eigenvalue weighted by molar-refractivity contribution is 9.10. The van der Waals surface area contributed by atoms with Crippen LogP contribution in [0.1, 0.15) is 44.5 Å². The fourth-order valence-electron chi connectivity index (χ4n) is 2.90. The number of hydrogen-bond acceptors (Lipinski definition) is 7. The van der Waals surface area contributed by atoms with Crippen LogP contribution in [-0.4, -0.2) is 26.8 Å². The third-order valence-electron chi connectivity index (χ3n) is 4.66. The SMILES string of the molecule is CC[C@H](C)c1nc2ccc(Br)cc2c(=O)n1N=Cc1cc([N+](=O)[O-])ccc1OC(C)=O. The maximum Gasteiger partial charge on any atom is 0.308 e. The summed E-state index contributed by atoms with van der Waals surface area (Å²) in [4.78, 5) is 39.8. The lowest BCUT2D eigenvalue weighted by molar-refractivity contribution is -0.384. The van der Waals surface area contributed by atoms with Crippen molar-refractivity contribution in [3.8, 4) is 5.75 Å². The normalized spacial score (nSPS) is 12.3. The Morgan fingerprint density at radius 3 is 2.74 bits per heavy atom. The van der Waals surface area contributed by atoms with Crippen LogP contribution in [0.3, 0.4) is 0 Å². The average molecular weight is 487 g/mol. The molecule has 0 aliphatic carbocycles. The number of rotatable bonds is 6. The Balaban J connectivity index is 2.21. The number of fused-ring (bicyclic) bond motifs is 1. The Labute approximate surface area is 185 Å². The number of hydrogen-bond donors (Lipinski definition) is 0. The second kappa shape index (κ2) is 9.17. The number of nitro benzene ring substituents is 1. The summed E-state index contributed by atoms with van der Waals surface area (Å²) >= 11 is 3.36. The average Bonchev–Trinajstić information content (AvgIpc) is 2.73. The Morgan fingerprint density at radius 2 is 2.10 bits per heavy atom. The van der Waals surface area contributed by atoms with Gasteiger partial charge in [0.05, 0.1) is 22.0 Å². The summed E-state index contributed by atoms with van der Waals surface area (Å²) in [5.41, 5.74) is 0.149. The Hall–Kier alpha value is -3.40. The molecule has 1 heterocycles. The predicted octanol–water partition coefficient (Wildman–Crippen LogP) is 4.39. The third kappa shape index (κ3) is 4.85. The molecule has 31 heavy (non-hydrogen) atoms. The third-order valence-corrected chi connectivity index (χ3v) is 5.15. The minimum Gasteiger partial charge on any atom is -0.426 e. The standard InChI is InChI=1S/C21H19BrN4O5/c1-4-12(2)20-24-18-7-5-15(22)10-17(18)21(28)25(20)23-11-14-9-16(26(29)30)6-8-19(14)31-13(3)27/h5-12H,4H2,1-3H3/t12-/m0/s1. The van der Waals surface area contributed by atoms with Gasteiger partial charge in [0.2, 0.25) is 0 Å². The van der Waals surface area contributed by atoms with Gasteiger partial charge in [-0.15, -0.1) is 0 Å². The zero-order valence-electron chi connectivity index (χ0n) is 17.0. The van der Waals surface area contributed by atoms with E-state index >= 15 is 0 Å². The number of non-ortho nitro benzene ring substituents is 1.